The van der Waals surface area contributed by atoms with Crippen LogP contribution in [0.3, 0.4) is 0 Å². The van der Waals surface area contributed by atoms with Crippen molar-refractivity contribution in [2.45, 2.75) is 11.3 Å². The fraction of sp³-hybridized carbons (Fsp3) is 0.417. The number of methoxy groups -OCH3 is 1. The summed E-state index contributed by atoms with van der Waals surface area (Å²) < 4.78 is 41.7. The average molecular weight is 335 g/mol. The zero-order chi connectivity index (χ0) is 16.0. The first-order chi connectivity index (χ1) is 9.77. The number of phenols is 1. The van der Waals surface area contributed by atoms with E-state index in [0.717, 1.165) is 19.2 Å². The van der Waals surface area contributed by atoms with Crippen molar-refractivity contribution in [2.75, 3.05) is 25.7 Å². The number of carbonyl (C=O) groups is 1. The van der Waals surface area contributed by atoms with Gasteiger partial charge in [0.25, 0.3) is 0 Å². The van der Waals surface area contributed by atoms with E-state index in [4.69, 9.17) is 0 Å². The molecule has 21 heavy (non-hydrogen) atoms. The lowest BCUT2D eigenvalue weighted by Gasteiger charge is -2.08. The third-order valence-electron chi connectivity index (χ3n) is 2.58. The van der Waals surface area contributed by atoms with Crippen molar-refractivity contribution in [3.63, 3.8) is 0 Å². The van der Waals surface area contributed by atoms with Gasteiger partial charge in [0.15, 0.2) is 0 Å². The number of carbonyl (C=O) groups excluding carboxylic acids is 1. The summed E-state index contributed by atoms with van der Waals surface area (Å²) in [7, 11) is -3.66. The quantitative estimate of drug-likeness (QED) is 0.545. The first-order valence-electron chi connectivity index (χ1n) is 5.99. The molecule has 1 rings (SSSR count). The molecule has 1 aromatic rings. The fourth-order valence-electron chi connectivity index (χ4n) is 1.52. The maximum atomic E-state index is 12.0. The standard InChI is InChI=1S/C12H17NO6S2/c1-19-12(15)10-8-9(4-5-11(10)14)21(17,18)13-6-3-7-20(2)16/h4-5,8,13-14H,3,6-7H2,1-2H3. The minimum Gasteiger partial charge on any atom is -0.507 e. The highest BCUT2D eigenvalue weighted by Gasteiger charge is 2.19. The lowest BCUT2D eigenvalue weighted by Crippen LogP contribution is -2.26. The van der Waals surface area contributed by atoms with Crippen LogP contribution < -0.4 is 4.72 Å². The molecule has 0 aliphatic heterocycles. The van der Waals surface area contributed by atoms with Crippen LogP contribution in [0.1, 0.15) is 16.8 Å². The molecule has 0 aliphatic carbocycles. The van der Waals surface area contributed by atoms with Crippen molar-refractivity contribution in [1.82, 2.24) is 4.72 Å². The van der Waals surface area contributed by atoms with Crippen LogP contribution in [-0.4, -0.2) is 49.4 Å². The zero-order valence-corrected chi connectivity index (χ0v) is 13.3. The number of aromatic hydroxyl groups is 1. The third kappa shape index (κ3) is 5.10. The highest BCUT2D eigenvalue weighted by Crippen LogP contribution is 2.22. The SMILES string of the molecule is COC(=O)c1cc(S(=O)(=O)NCCCS(C)=O)ccc1O. The van der Waals surface area contributed by atoms with Crippen LogP contribution in [0.4, 0.5) is 0 Å². The molecule has 0 bridgehead atoms. The summed E-state index contributed by atoms with van der Waals surface area (Å²) in [5, 5.41) is 9.53. The van der Waals surface area contributed by atoms with E-state index in [-0.39, 0.29) is 22.8 Å². The summed E-state index contributed by atoms with van der Waals surface area (Å²) in [6, 6.07) is 3.34. The Kier molecular flexibility index (Phi) is 6.31. The molecular weight excluding hydrogens is 318 g/mol. The number of nitrogens with one attached hydrogen (secondary N) is 1. The summed E-state index contributed by atoms with van der Waals surface area (Å²) in [6.45, 7) is 0.135. The topological polar surface area (TPSA) is 110 Å². The van der Waals surface area contributed by atoms with Crippen LogP contribution in [0.5, 0.6) is 5.75 Å². The van der Waals surface area contributed by atoms with Crippen LogP contribution in [0.15, 0.2) is 23.1 Å². The van der Waals surface area contributed by atoms with E-state index in [2.05, 4.69) is 9.46 Å². The normalized spacial score (nSPS) is 12.9. The second-order valence-electron chi connectivity index (χ2n) is 4.20. The van der Waals surface area contributed by atoms with Crippen LogP contribution >= 0.6 is 0 Å². The van der Waals surface area contributed by atoms with Crippen molar-refractivity contribution in [1.29, 1.82) is 0 Å². The number of phenolic OH excluding ortho intramolecular Hbond substituents is 1. The van der Waals surface area contributed by atoms with E-state index in [0.29, 0.717) is 12.2 Å². The van der Waals surface area contributed by atoms with E-state index >= 15 is 0 Å². The van der Waals surface area contributed by atoms with Gasteiger partial charge in [0.05, 0.1) is 12.0 Å². The predicted molar refractivity (Wildman–Crippen MR) is 78.2 cm³/mol. The van der Waals surface area contributed by atoms with Gasteiger partial charge in [0.2, 0.25) is 10.0 Å². The van der Waals surface area contributed by atoms with Crippen LogP contribution in [0.25, 0.3) is 0 Å². The highest BCUT2D eigenvalue weighted by atomic mass is 32.2. The van der Waals surface area contributed by atoms with Gasteiger partial charge in [-0.25, -0.2) is 17.9 Å². The van der Waals surface area contributed by atoms with E-state index in [1.54, 1.807) is 0 Å². The van der Waals surface area contributed by atoms with E-state index in [9.17, 15) is 22.5 Å². The summed E-state index contributed by atoms with van der Waals surface area (Å²) in [6.07, 6.45) is 1.97. The molecule has 0 aromatic heterocycles. The Bertz CT molecular complexity index is 641. The molecule has 0 amide bonds. The predicted octanol–water partition coefficient (Wildman–Crippen LogP) is 0.226. The molecule has 1 unspecified atom stereocenters. The minimum atomic E-state index is -3.81. The number of ether oxygens (including phenoxy) is 1. The molecule has 7 nitrogen and oxygen atoms in total. The van der Waals surface area contributed by atoms with Gasteiger partial charge in [-0.05, 0) is 24.6 Å². The summed E-state index contributed by atoms with van der Waals surface area (Å²) in [5.41, 5.74) is -0.227. The van der Waals surface area contributed by atoms with Crippen molar-refractivity contribution in [3.8, 4) is 5.75 Å². The van der Waals surface area contributed by atoms with Gasteiger partial charge in [-0.15, -0.1) is 0 Å². The first-order valence-corrected chi connectivity index (χ1v) is 9.20. The number of esters is 1. The molecule has 118 valence electrons. The van der Waals surface area contributed by atoms with E-state index in [1.807, 2.05) is 0 Å². The van der Waals surface area contributed by atoms with Crippen molar-refractivity contribution >= 4 is 26.8 Å². The molecule has 0 aliphatic rings. The Labute approximate surface area is 125 Å². The van der Waals surface area contributed by atoms with Gasteiger partial charge in [-0.3, -0.25) is 4.21 Å². The Hall–Kier alpha value is -1.45. The summed E-state index contributed by atoms with van der Waals surface area (Å²) >= 11 is 0. The zero-order valence-electron chi connectivity index (χ0n) is 11.7. The summed E-state index contributed by atoms with van der Waals surface area (Å²) in [4.78, 5) is 11.3. The van der Waals surface area contributed by atoms with E-state index in [1.165, 1.54) is 12.3 Å². The largest absolute Gasteiger partial charge is 0.507 e. The Morgan fingerprint density at radius 2 is 2.10 bits per heavy atom. The first kappa shape index (κ1) is 17.6. The lowest BCUT2D eigenvalue weighted by molar-refractivity contribution is 0.0597. The van der Waals surface area contributed by atoms with Gasteiger partial charge in [0, 0.05) is 29.4 Å². The van der Waals surface area contributed by atoms with Crippen LogP contribution in [0, 0.1) is 0 Å². The molecule has 0 spiro atoms. The highest BCUT2D eigenvalue weighted by molar-refractivity contribution is 7.89. The van der Waals surface area contributed by atoms with Crippen LogP contribution in [0.2, 0.25) is 0 Å². The molecule has 0 heterocycles. The molecule has 0 saturated carbocycles. The maximum absolute atomic E-state index is 12.0. The van der Waals surface area contributed by atoms with Gasteiger partial charge < -0.3 is 9.84 Å². The molecule has 0 fully saturated rings. The van der Waals surface area contributed by atoms with Crippen molar-refractivity contribution in [2.24, 2.45) is 0 Å². The molecule has 0 saturated heterocycles. The van der Waals surface area contributed by atoms with Gasteiger partial charge in [-0.2, -0.15) is 0 Å². The summed E-state index contributed by atoms with van der Waals surface area (Å²) in [5.74, 6) is -0.793. The average Bonchev–Trinajstić information content (AvgIpc) is 2.43. The molecular formula is C12H17NO6S2. The van der Waals surface area contributed by atoms with E-state index < -0.39 is 26.8 Å². The number of hydrogen-bond donors (Lipinski definition) is 2. The lowest BCUT2D eigenvalue weighted by atomic mass is 10.2. The molecule has 1 atom stereocenters. The monoisotopic (exact) mass is 335 g/mol. The fourth-order valence-corrected chi connectivity index (χ4v) is 3.17. The Balaban J connectivity index is 2.88. The van der Waals surface area contributed by atoms with Gasteiger partial charge in [-0.1, -0.05) is 0 Å². The number of rotatable bonds is 7. The number of benzene rings is 1. The number of sulfonamides is 1. The minimum absolute atomic E-state index is 0.135. The van der Waals surface area contributed by atoms with Gasteiger partial charge in [0.1, 0.15) is 11.3 Å². The second-order valence-corrected chi connectivity index (χ2v) is 7.52. The maximum Gasteiger partial charge on any atom is 0.341 e. The van der Waals surface area contributed by atoms with Gasteiger partial charge >= 0.3 is 5.97 Å². The second kappa shape index (κ2) is 7.53. The molecule has 1 aromatic carbocycles. The van der Waals surface area contributed by atoms with Crippen molar-refractivity contribution in [3.05, 3.63) is 23.8 Å². The smallest absolute Gasteiger partial charge is 0.341 e. The molecule has 0 radical (unpaired) electrons. The van der Waals surface area contributed by atoms with Crippen LogP contribution in [-0.2, 0) is 25.6 Å². The number of hydrogen-bond acceptors (Lipinski definition) is 6. The Morgan fingerprint density at radius 3 is 2.67 bits per heavy atom. The molecule has 2 N–H and O–H groups in total. The molecule has 9 heteroatoms. The third-order valence-corrected chi connectivity index (χ3v) is 4.91. The Morgan fingerprint density at radius 1 is 1.43 bits per heavy atom. The van der Waals surface area contributed by atoms with Crippen molar-refractivity contribution < 1.29 is 27.3 Å².